The third-order valence-corrected chi connectivity index (χ3v) is 4.86. The Morgan fingerprint density at radius 3 is 2.59 bits per heavy atom. The highest BCUT2D eigenvalue weighted by Gasteiger charge is 2.44. The molecule has 1 heterocycles. The fourth-order valence-corrected chi connectivity index (χ4v) is 3.50. The number of carbonyl (C=O) groups excluding carboxylic acids is 2. The van der Waals surface area contributed by atoms with Crippen LogP contribution in [-0.2, 0) is 20.9 Å². The van der Waals surface area contributed by atoms with Gasteiger partial charge in [0.25, 0.3) is 0 Å². The Morgan fingerprint density at radius 2 is 1.89 bits per heavy atom. The Balaban J connectivity index is 1.78. The van der Waals surface area contributed by atoms with Crippen molar-refractivity contribution in [3.8, 4) is 0 Å². The highest BCUT2D eigenvalue weighted by atomic mass is 19.1. The van der Waals surface area contributed by atoms with Gasteiger partial charge in [-0.3, -0.25) is 9.59 Å². The average Bonchev–Trinajstić information content (AvgIpc) is 3.02. The molecule has 0 spiro atoms. The van der Waals surface area contributed by atoms with Crippen LogP contribution in [0.3, 0.4) is 0 Å². The van der Waals surface area contributed by atoms with Gasteiger partial charge in [0.1, 0.15) is 5.82 Å². The summed E-state index contributed by atoms with van der Waals surface area (Å²) in [6, 6.07) is 15.5. The molecule has 2 aromatic carbocycles. The van der Waals surface area contributed by atoms with E-state index >= 15 is 0 Å². The molecule has 0 radical (unpaired) electrons. The Hall–Kier alpha value is -2.73. The Kier molecular flexibility index (Phi) is 6.19. The number of rotatable bonds is 7. The lowest BCUT2D eigenvalue weighted by Crippen LogP contribution is -2.36. The van der Waals surface area contributed by atoms with Crippen LogP contribution in [0.15, 0.2) is 54.6 Å². The van der Waals surface area contributed by atoms with Gasteiger partial charge >= 0.3 is 0 Å². The molecule has 0 saturated carbocycles. The first-order valence-electron chi connectivity index (χ1n) is 8.96. The second kappa shape index (κ2) is 8.77. The summed E-state index contributed by atoms with van der Waals surface area (Å²) in [6.45, 7) is 0.917. The van der Waals surface area contributed by atoms with Crippen molar-refractivity contribution < 1.29 is 18.7 Å². The number of nitrogens with zero attached hydrogens (tertiary/aromatic N) is 1. The molecule has 0 unspecified atom stereocenters. The topological polar surface area (TPSA) is 58.6 Å². The lowest BCUT2D eigenvalue weighted by molar-refractivity contribution is -0.129. The molecule has 1 fully saturated rings. The molecule has 1 N–H and O–H groups in total. The first kappa shape index (κ1) is 19.0. The van der Waals surface area contributed by atoms with E-state index in [1.165, 1.54) is 6.07 Å². The number of hydrogen-bond acceptors (Lipinski definition) is 3. The maximum atomic E-state index is 13.8. The third kappa shape index (κ3) is 4.34. The molecule has 1 aliphatic rings. The number of halogens is 1. The summed E-state index contributed by atoms with van der Waals surface area (Å²) in [6.07, 6.45) is 0.131. The summed E-state index contributed by atoms with van der Waals surface area (Å²) in [5.41, 5.74) is 1.33. The minimum atomic E-state index is -0.525. The first-order chi connectivity index (χ1) is 13.1. The van der Waals surface area contributed by atoms with Crippen molar-refractivity contribution in [3.63, 3.8) is 0 Å². The predicted octanol–water partition coefficient (Wildman–Crippen LogP) is 2.68. The number of amides is 2. The van der Waals surface area contributed by atoms with E-state index < -0.39 is 5.92 Å². The van der Waals surface area contributed by atoms with Crippen LogP contribution in [0.2, 0.25) is 0 Å². The number of ether oxygens (including phenoxy) is 1. The van der Waals surface area contributed by atoms with Crippen molar-refractivity contribution in [1.82, 2.24) is 10.2 Å². The zero-order valence-electron chi connectivity index (χ0n) is 15.2. The molecule has 0 aromatic heterocycles. The van der Waals surface area contributed by atoms with Crippen molar-refractivity contribution >= 4 is 11.8 Å². The van der Waals surface area contributed by atoms with Crippen LogP contribution in [-0.4, -0.2) is 37.0 Å². The smallest absolute Gasteiger partial charge is 0.226 e. The molecule has 5 nitrogen and oxygen atoms in total. The molecule has 2 atom stereocenters. The van der Waals surface area contributed by atoms with Crippen molar-refractivity contribution in [2.75, 3.05) is 20.3 Å². The second-order valence-corrected chi connectivity index (χ2v) is 6.56. The van der Waals surface area contributed by atoms with E-state index in [0.29, 0.717) is 18.7 Å². The molecular formula is C21H23FN2O3. The molecule has 2 aromatic rings. The predicted molar refractivity (Wildman–Crippen MR) is 99.1 cm³/mol. The third-order valence-electron chi connectivity index (χ3n) is 4.86. The highest BCUT2D eigenvalue weighted by molar-refractivity contribution is 5.90. The van der Waals surface area contributed by atoms with Crippen LogP contribution < -0.4 is 5.32 Å². The van der Waals surface area contributed by atoms with Gasteiger partial charge in [-0.1, -0.05) is 48.5 Å². The van der Waals surface area contributed by atoms with Gasteiger partial charge in [0.2, 0.25) is 11.8 Å². The maximum absolute atomic E-state index is 13.8. The van der Waals surface area contributed by atoms with Gasteiger partial charge in [-0.25, -0.2) is 4.39 Å². The van der Waals surface area contributed by atoms with Gasteiger partial charge in [-0.05, 0) is 11.6 Å². The number of hydrogen-bond donors (Lipinski definition) is 1. The van der Waals surface area contributed by atoms with Gasteiger partial charge in [0.05, 0.1) is 18.6 Å². The van der Waals surface area contributed by atoms with Crippen LogP contribution in [0, 0.1) is 11.7 Å². The van der Waals surface area contributed by atoms with E-state index in [1.807, 2.05) is 30.3 Å². The van der Waals surface area contributed by atoms with Crippen LogP contribution in [0.25, 0.3) is 0 Å². The standard InChI is InChI=1S/C21H23FN2O3/c1-27-12-11-24-19(25)13-17(20(24)15-7-3-2-4-8-15)21(26)23-14-16-9-5-6-10-18(16)22/h2-10,17,20H,11-14H2,1H3,(H,23,26)/t17-,20+/m1/s1. The number of methoxy groups -OCH3 is 1. The van der Waals surface area contributed by atoms with Crippen molar-refractivity contribution in [2.45, 2.75) is 19.0 Å². The number of carbonyl (C=O) groups is 2. The minimum Gasteiger partial charge on any atom is -0.383 e. The zero-order valence-corrected chi connectivity index (χ0v) is 15.2. The SMILES string of the molecule is COCCN1C(=O)C[C@@H](C(=O)NCc2ccccc2F)[C@@H]1c1ccccc1. The molecule has 6 heteroatoms. The molecular weight excluding hydrogens is 347 g/mol. The van der Waals surface area contributed by atoms with E-state index in [0.717, 1.165) is 5.56 Å². The Bertz CT molecular complexity index is 797. The van der Waals surface area contributed by atoms with Crippen LogP contribution >= 0.6 is 0 Å². The lowest BCUT2D eigenvalue weighted by atomic mass is 9.92. The molecule has 1 aliphatic heterocycles. The molecule has 142 valence electrons. The quantitative estimate of drug-likeness (QED) is 0.815. The normalized spacial score (nSPS) is 19.3. The highest BCUT2D eigenvalue weighted by Crippen LogP contribution is 2.38. The van der Waals surface area contributed by atoms with Crippen molar-refractivity contribution in [2.24, 2.45) is 5.92 Å². The number of benzene rings is 2. The summed E-state index contributed by atoms with van der Waals surface area (Å²) in [7, 11) is 1.58. The summed E-state index contributed by atoms with van der Waals surface area (Å²) in [5.74, 6) is -1.21. The number of nitrogens with one attached hydrogen (secondary N) is 1. The second-order valence-electron chi connectivity index (χ2n) is 6.56. The molecule has 0 bridgehead atoms. The molecule has 1 saturated heterocycles. The van der Waals surface area contributed by atoms with Crippen LogP contribution in [0.5, 0.6) is 0 Å². The monoisotopic (exact) mass is 370 g/mol. The van der Waals surface area contributed by atoms with Gasteiger partial charge in [0.15, 0.2) is 0 Å². The summed E-state index contributed by atoms with van der Waals surface area (Å²) in [5, 5.41) is 2.79. The minimum absolute atomic E-state index is 0.0769. The Morgan fingerprint density at radius 1 is 1.19 bits per heavy atom. The molecule has 0 aliphatic carbocycles. The van der Waals surface area contributed by atoms with Crippen LogP contribution in [0.4, 0.5) is 4.39 Å². The molecule has 3 rings (SSSR count). The van der Waals surface area contributed by atoms with Gasteiger partial charge in [0, 0.05) is 32.2 Å². The number of likely N-dealkylation sites (tertiary alicyclic amines) is 1. The van der Waals surface area contributed by atoms with Gasteiger partial charge in [-0.2, -0.15) is 0 Å². The summed E-state index contributed by atoms with van der Waals surface area (Å²) in [4.78, 5) is 27.1. The van der Waals surface area contributed by atoms with E-state index in [-0.39, 0.29) is 36.6 Å². The summed E-state index contributed by atoms with van der Waals surface area (Å²) < 4.78 is 18.9. The average molecular weight is 370 g/mol. The Labute approximate surface area is 158 Å². The fraction of sp³-hybridized carbons (Fsp3) is 0.333. The fourth-order valence-electron chi connectivity index (χ4n) is 3.50. The maximum Gasteiger partial charge on any atom is 0.226 e. The van der Waals surface area contributed by atoms with Crippen LogP contribution in [0.1, 0.15) is 23.6 Å². The molecule has 27 heavy (non-hydrogen) atoms. The first-order valence-corrected chi connectivity index (χ1v) is 8.96. The molecule has 2 amide bonds. The van der Waals surface area contributed by atoms with Gasteiger partial charge < -0.3 is 15.0 Å². The van der Waals surface area contributed by atoms with Crippen molar-refractivity contribution in [3.05, 3.63) is 71.5 Å². The zero-order chi connectivity index (χ0) is 19.2. The van der Waals surface area contributed by atoms with E-state index in [2.05, 4.69) is 5.32 Å². The largest absolute Gasteiger partial charge is 0.383 e. The van der Waals surface area contributed by atoms with Gasteiger partial charge in [-0.15, -0.1) is 0 Å². The van der Waals surface area contributed by atoms with E-state index in [1.54, 1.807) is 30.2 Å². The van der Waals surface area contributed by atoms with E-state index in [9.17, 15) is 14.0 Å². The van der Waals surface area contributed by atoms with E-state index in [4.69, 9.17) is 4.74 Å². The summed E-state index contributed by atoms with van der Waals surface area (Å²) >= 11 is 0. The van der Waals surface area contributed by atoms with Crippen molar-refractivity contribution in [1.29, 1.82) is 0 Å². The lowest BCUT2D eigenvalue weighted by Gasteiger charge is -2.28.